The van der Waals surface area contributed by atoms with Crippen LogP contribution in [0.15, 0.2) is 30.3 Å². The lowest BCUT2D eigenvalue weighted by molar-refractivity contribution is -0.118. The number of Topliss-reactive ketones (excluding diaryl/α,β-unsaturated/α-hetero) is 1. The molecule has 2 aromatic rings. The van der Waals surface area contributed by atoms with Crippen LogP contribution in [0.1, 0.15) is 31.9 Å². The third kappa shape index (κ3) is 2.28. The average molecular weight is 268 g/mol. The van der Waals surface area contributed by atoms with Crippen LogP contribution in [0.2, 0.25) is 0 Å². The zero-order chi connectivity index (χ0) is 14.1. The third-order valence-corrected chi connectivity index (χ3v) is 4.10. The van der Waals surface area contributed by atoms with E-state index < -0.39 is 0 Å². The maximum atomic E-state index is 11.9. The zero-order valence-corrected chi connectivity index (χ0v) is 12.1. The first-order chi connectivity index (χ1) is 9.66. The molecule has 3 nitrogen and oxygen atoms in total. The predicted molar refractivity (Wildman–Crippen MR) is 82.1 cm³/mol. The molecule has 1 aliphatic heterocycles. The summed E-state index contributed by atoms with van der Waals surface area (Å²) in [5, 5.41) is 1.14. The molecule has 3 heteroatoms. The van der Waals surface area contributed by atoms with Crippen LogP contribution in [-0.4, -0.2) is 23.4 Å². The summed E-state index contributed by atoms with van der Waals surface area (Å²) < 4.78 is 0. The van der Waals surface area contributed by atoms with Gasteiger partial charge in [0.25, 0.3) is 0 Å². The van der Waals surface area contributed by atoms with E-state index in [0.717, 1.165) is 48.1 Å². The molecule has 2 heterocycles. The number of carbonyl (C=O) groups is 1. The molecule has 3 rings (SSSR count). The van der Waals surface area contributed by atoms with Crippen LogP contribution in [0.3, 0.4) is 0 Å². The minimum Gasteiger partial charge on any atom is -0.361 e. The first kappa shape index (κ1) is 13.1. The van der Waals surface area contributed by atoms with E-state index in [9.17, 15) is 4.79 Å². The maximum Gasteiger partial charge on any atom is 0.152 e. The van der Waals surface area contributed by atoms with Crippen molar-refractivity contribution in [2.24, 2.45) is 0 Å². The molecule has 0 spiro atoms. The van der Waals surface area contributed by atoms with Crippen molar-refractivity contribution in [2.75, 3.05) is 11.4 Å². The summed E-state index contributed by atoms with van der Waals surface area (Å²) in [4.78, 5) is 18.8. The smallest absolute Gasteiger partial charge is 0.152 e. The monoisotopic (exact) mass is 268 g/mol. The summed E-state index contributed by atoms with van der Waals surface area (Å²) in [5.74, 6) is 0.267. The van der Waals surface area contributed by atoms with Crippen molar-refractivity contribution >= 4 is 22.4 Å². The highest BCUT2D eigenvalue weighted by Crippen LogP contribution is 2.31. The number of aromatic nitrogens is 1. The van der Waals surface area contributed by atoms with Crippen LogP contribution in [0.25, 0.3) is 10.9 Å². The lowest BCUT2D eigenvalue weighted by atomic mass is 9.97. The zero-order valence-electron chi connectivity index (χ0n) is 12.1. The van der Waals surface area contributed by atoms with Gasteiger partial charge in [0.15, 0.2) is 5.78 Å². The van der Waals surface area contributed by atoms with Crippen molar-refractivity contribution in [1.29, 1.82) is 0 Å². The SMILES string of the molecule is CC(=O)C1CCCCN1c1cc(C)nc2ccccc12. The number of rotatable bonds is 2. The Morgan fingerprint density at radius 3 is 2.90 bits per heavy atom. The topological polar surface area (TPSA) is 33.2 Å². The molecular formula is C17H20N2O. The molecule has 1 aromatic carbocycles. The number of piperidine rings is 1. The second kappa shape index (κ2) is 5.23. The van der Waals surface area contributed by atoms with Gasteiger partial charge in [-0.1, -0.05) is 18.2 Å². The Bertz CT molecular complexity index is 650. The lowest BCUT2D eigenvalue weighted by Crippen LogP contribution is -2.44. The number of para-hydroxylation sites is 1. The second-order valence-electron chi connectivity index (χ2n) is 5.62. The number of hydrogen-bond donors (Lipinski definition) is 0. The average Bonchev–Trinajstić information content (AvgIpc) is 2.46. The molecule has 0 bridgehead atoms. The van der Waals surface area contributed by atoms with Gasteiger partial charge >= 0.3 is 0 Å². The van der Waals surface area contributed by atoms with Crippen LogP contribution < -0.4 is 4.90 Å². The Hall–Kier alpha value is -1.90. The van der Waals surface area contributed by atoms with Gasteiger partial charge < -0.3 is 4.90 Å². The molecular weight excluding hydrogens is 248 g/mol. The van der Waals surface area contributed by atoms with Gasteiger partial charge in [0.1, 0.15) is 0 Å². The first-order valence-corrected chi connectivity index (χ1v) is 7.30. The Morgan fingerprint density at radius 1 is 1.30 bits per heavy atom. The Kier molecular flexibility index (Phi) is 3.43. The summed E-state index contributed by atoms with van der Waals surface area (Å²) in [6.45, 7) is 4.68. The Balaban J connectivity index is 2.14. The van der Waals surface area contributed by atoms with E-state index in [-0.39, 0.29) is 11.8 Å². The van der Waals surface area contributed by atoms with Crippen LogP contribution in [-0.2, 0) is 4.79 Å². The maximum absolute atomic E-state index is 11.9. The first-order valence-electron chi connectivity index (χ1n) is 7.30. The largest absolute Gasteiger partial charge is 0.361 e. The van der Waals surface area contributed by atoms with Gasteiger partial charge in [-0.25, -0.2) is 0 Å². The minimum atomic E-state index is 0.0222. The molecule has 1 unspecified atom stereocenters. The molecule has 1 fully saturated rings. The number of hydrogen-bond acceptors (Lipinski definition) is 3. The molecule has 0 aliphatic carbocycles. The van der Waals surface area contributed by atoms with Gasteiger partial charge in [0, 0.05) is 23.3 Å². The van der Waals surface area contributed by atoms with Crippen LogP contribution in [0.5, 0.6) is 0 Å². The van der Waals surface area contributed by atoms with Crippen LogP contribution in [0, 0.1) is 6.92 Å². The number of carbonyl (C=O) groups excluding carboxylic acids is 1. The van der Waals surface area contributed by atoms with Crippen molar-refractivity contribution in [3.63, 3.8) is 0 Å². The summed E-state index contributed by atoms with van der Waals surface area (Å²) in [7, 11) is 0. The molecule has 1 aromatic heterocycles. The van der Waals surface area contributed by atoms with E-state index in [4.69, 9.17) is 0 Å². The van der Waals surface area contributed by atoms with Crippen molar-refractivity contribution < 1.29 is 4.79 Å². The second-order valence-corrected chi connectivity index (χ2v) is 5.62. The van der Waals surface area contributed by atoms with E-state index >= 15 is 0 Å². The fourth-order valence-corrected chi connectivity index (χ4v) is 3.17. The summed E-state index contributed by atoms with van der Waals surface area (Å²) in [6, 6.07) is 10.3. The van der Waals surface area contributed by atoms with E-state index in [1.54, 1.807) is 6.92 Å². The molecule has 1 aliphatic rings. The normalized spacial score (nSPS) is 19.3. The highest BCUT2D eigenvalue weighted by molar-refractivity contribution is 5.95. The van der Waals surface area contributed by atoms with Gasteiger partial charge in [-0.2, -0.15) is 0 Å². The Morgan fingerprint density at radius 2 is 2.10 bits per heavy atom. The van der Waals surface area contributed by atoms with Gasteiger partial charge in [-0.05, 0) is 45.2 Å². The van der Waals surface area contributed by atoms with Crippen molar-refractivity contribution in [3.8, 4) is 0 Å². The summed E-state index contributed by atoms with van der Waals surface area (Å²) >= 11 is 0. The van der Waals surface area contributed by atoms with Gasteiger partial charge in [0.2, 0.25) is 0 Å². The molecule has 0 saturated carbocycles. The number of fused-ring (bicyclic) bond motifs is 1. The van der Waals surface area contributed by atoms with Crippen molar-refractivity contribution in [1.82, 2.24) is 4.98 Å². The van der Waals surface area contributed by atoms with Crippen molar-refractivity contribution in [2.45, 2.75) is 39.2 Å². The van der Waals surface area contributed by atoms with Gasteiger partial charge in [-0.15, -0.1) is 0 Å². The fourth-order valence-electron chi connectivity index (χ4n) is 3.17. The third-order valence-electron chi connectivity index (χ3n) is 4.10. The van der Waals surface area contributed by atoms with Crippen LogP contribution in [0.4, 0.5) is 5.69 Å². The highest BCUT2D eigenvalue weighted by Gasteiger charge is 2.27. The lowest BCUT2D eigenvalue weighted by Gasteiger charge is -2.36. The van der Waals surface area contributed by atoms with E-state index in [0.29, 0.717) is 0 Å². The van der Waals surface area contributed by atoms with E-state index in [1.165, 1.54) is 0 Å². The molecule has 0 radical (unpaired) electrons. The molecule has 1 saturated heterocycles. The minimum absolute atomic E-state index is 0.0222. The highest BCUT2D eigenvalue weighted by atomic mass is 16.1. The predicted octanol–water partition coefficient (Wildman–Crippen LogP) is 3.49. The van der Waals surface area contributed by atoms with E-state index in [2.05, 4.69) is 22.0 Å². The number of pyridine rings is 1. The molecule has 104 valence electrons. The fraction of sp³-hybridized carbons (Fsp3) is 0.412. The quantitative estimate of drug-likeness (QED) is 0.836. The molecule has 0 N–H and O–H groups in total. The van der Waals surface area contributed by atoms with Crippen LogP contribution >= 0.6 is 0 Å². The molecule has 20 heavy (non-hydrogen) atoms. The number of ketones is 1. The number of benzene rings is 1. The molecule has 0 amide bonds. The number of aryl methyl sites for hydroxylation is 1. The van der Waals surface area contributed by atoms with Gasteiger partial charge in [0.05, 0.1) is 11.6 Å². The summed E-state index contributed by atoms with van der Waals surface area (Å²) in [5.41, 5.74) is 3.18. The van der Waals surface area contributed by atoms with Gasteiger partial charge in [-0.3, -0.25) is 9.78 Å². The van der Waals surface area contributed by atoms with E-state index in [1.807, 2.05) is 25.1 Å². The standard InChI is InChI=1S/C17H20N2O/c1-12-11-17(14-7-3-4-8-15(14)18-12)19-10-6-5-9-16(19)13(2)20/h3-4,7-8,11,16H,5-6,9-10H2,1-2H3. The number of nitrogens with zero attached hydrogens (tertiary/aromatic N) is 2. The summed E-state index contributed by atoms with van der Waals surface area (Å²) in [6.07, 6.45) is 3.26. The Labute approximate surface area is 119 Å². The van der Waals surface area contributed by atoms with Crippen molar-refractivity contribution in [3.05, 3.63) is 36.0 Å². The number of anilines is 1. The molecule has 1 atom stereocenters.